The Balaban J connectivity index is 1.83. The minimum atomic E-state index is 0.830. The first kappa shape index (κ1) is 16.9. The van der Waals surface area contributed by atoms with Crippen LogP contribution in [0.15, 0.2) is 84.9 Å². The van der Waals surface area contributed by atoms with E-state index in [1.54, 1.807) is 14.2 Å². The smallest absolute Gasteiger partial charge is 0.118 e. The van der Waals surface area contributed by atoms with Crippen molar-refractivity contribution in [2.45, 2.75) is 0 Å². The molecule has 4 aromatic rings. The van der Waals surface area contributed by atoms with Crippen molar-refractivity contribution >= 4 is 0 Å². The number of rotatable bonds is 5. The lowest BCUT2D eigenvalue weighted by atomic mass is 10.1. The van der Waals surface area contributed by atoms with Crippen LogP contribution < -0.4 is 9.47 Å². The third-order valence-electron chi connectivity index (χ3n) is 4.48. The molecule has 1 heterocycles. The van der Waals surface area contributed by atoms with E-state index in [-0.39, 0.29) is 0 Å². The fourth-order valence-electron chi connectivity index (χ4n) is 3.02. The van der Waals surface area contributed by atoms with Crippen LogP contribution in [-0.2, 0) is 0 Å². The minimum Gasteiger partial charge on any atom is -0.497 e. The summed E-state index contributed by atoms with van der Waals surface area (Å²) in [7, 11) is 3.34. The second-order valence-corrected chi connectivity index (χ2v) is 6.12. The van der Waals surface area contributed by atoms with Crippen molar-refractivity contribution < 1.29 is 9.47 Å². The number of aromatic nitrogens is 2. The second-order valence-electron chi connectivity index (χ2n) is 6.12. The zero-order chi connectivity index (χ0) is 18.6. The molecule has 0 spiro atoms. The first-order valence-corrected chi connectivity index (χ1v) is 8.73. The van der Waals surface area contributed by atoms with Crippen LogP contribution in [0.3, 0.4) is 0 Å². The number of benzene rings is 3. The summed E-state index contributed by atoms with van der Waals surface area (Å²) in [6, 6.07) is 28.2. The lowest BCUT2D eigenvalue weighted by Gasteiger charge is -2.08. The van der Waals surface area contributed by atoms with Crippen LogP contribution in [0.4, 0.5) is 0 Å². The maximum Gasteiger partial charge on any atom is 0.118 e. The quantitative estimate of drug-likeness (QED) is 0.492. The van der Waals surface area contributed by atoms with E-state index in [4.69, 9.17) is 14.6 Å². The Hall–Kier alpha value is -3.53. The number of para-hydroxylation sites is 1. The molecule has 4 nitrogen and oxygen atoms in total. The highest BCUT2D eigenvalue weighted by Gasteiger charge is 2.13. The normalized spacial score (nSPS) is 10.6. The standard InChI is InChI=1S/C23H20N2O2/c1-26-20-12-8-17(9-13-20)22-16-23(18-10-14-21(27-2)15-11-18)25(24-22)19-6-4-3-5-7-19/h3-16H,1-2H3. The molecule has 0 saturated carbocycles. The molecule has 27 heavy (non-hydrogen) atoms. The van der Waals surface area contributed by atoms with E-state index in [2.05, 4.69) is 18.2 Å². The third kappa shape index (κ3) is 3.42. The van der Waals surface area contributed by atoms with Gasteiger partial charge in [-0.2, -0.15) is 5.10 Å². The topological polar surface area (TPSA) is 36.3 Å². The number of ether oxygens (including phenoxy) is 2. The highest BCUT2D eigenvalue weighted by atomic mass is 16.5. The molecule has 0 saturated heterocycles. The van der Waals surface area contributed by atoms with Crippen molar-refractivity contribution in [3.63, 3.8) is 0 Å². The van der Waals surface area contributed by atoms with Crippen molar-refractivity contribution in [1.82, 2.24) is 9.78 Å². The molecule has 4 heteroatoms. The first-order valence-electron chi connectivity index (χ1n) is 8.73. The van der Waals surface area contributed by atoms with E-state index in [9.17, 15) is 0 Å². The summed E-state index contributed by atoms with van der Waals surface area (Å²) in [5.74, 6) is 1.66. The average molecular weight is 356 g/mol. The lowest BCUT2D eigenvalue weighted by molar-refractivity contribution is 0.414. The fourth-order valence-corrected chi connectivity index (χ4v) is 3.02. The van der Waals surface area contributed by atoms with Gasteiger partial charge in [-0.1, -0.05) is 18.2 Å². The van der Waals surface area contributed by atoms with Crippen molar-refractivity contribution in [3.8, 4) is 39.7 Å². The Morgan fingerprint density at radius 2 is 1.22 bits per heavy atom. The summed E-state index contributed by atoms with van der Waals surface area (Å²) in [6.45, 7) is 0. The molecule has 0 fully saturated rings. The van der Waals surface area contributed by atoms with Gasteiger partial charge in [-0.25, -0.2) is 4.68 Å². The summed E-state index contributed by atoms with van der Waals surface area (Å²) < 4.78 is 12.5. The predicted molar refractivity (Wildman–Crippen MR) is 108 cm³/mol. The van der Waals surface area contributed by atoms with E-state index < -0.39 is 0 Å². The molecule has 0 bridgehead atoms. The van der Waals surface area contributed by atoms with Gasteiger partial charge in [0.2, 0.25) is 0 Å². The van der Waals surface area contributed by atoms with Crippen LogP contribution in [0.2, 0.25) is 0 Å². The fraction of sp³-hybridized carbons (Fsp3) is 0.0870. The van der Waals surface area contributed by atoms with Gasteiger partial charge in [0, 0.05) is 11.1 Å². The molecule has 0 unspecified atom stereocenters. The average Bonchev–Trinajstić information content (AvgIpc) is 3.20. The molecule has 0 aliphatic rings. The molecule has 1 aromatic heterocycles. The van der Waals surface area contributed by atoms with Gasteiger partial charge in [-0.3, -0.25) is 0 Å². The van der Waals surface area contributed by atoms with E-state index in [0.29, 0.717) is 0 Å². The maximum absolute atomic E-state index is 5.28. The highest BCUT2D eigenvalue weighted by molar-refractivity contribution is 5.71. The van der Waals surface area contributed by atoms with Crippen molar-refractivity contribution in [2.24, 2.45) is 0 Å². The Labute approximate surface area is 158 Å². The molecular formula is C23H20N2O2. The van der Waals surface area contributed by atoms with E-state index in [1.165, 1.54) is 0 Å². The van der Waals surface area contributed by atoms with Crippen LogP contribution in [0.1, 0.15) is 0 Å². The predicted octanol–water partition coefficient (Wildman–Crippen LogP) is 5.22. The zero-order valence-corrected chi connectivity index (χ0v) is 15.3. The van der Waals surface area contributed by atoms with Crippen molar-refractivity contribution in [3.05, 3.63) is 84.9 Å². The van der Waals surface area contributed by atoms with Crippen molar-refractivity contribution in [1.29, 1.82) is 0 Å². The van der Waals surface area contributed by atoms with Gasteiger partial charge >= 0.3 is 0 Å². The Bertz CT molecular complexity index is 1020. The highest BCUT2D eigenvalue weighted by Crippen LogP contribution is 2.30. The van der Waals surface area contributed by atoms with E-state index in [0.717, 1.165) is 39.7 Å². The summed E-state index contributed by atoms with van der Waals surface area (Å²) in [5, 5.41) is 4.87. The van der Waals surface area contributed by atoms with Crippen LogP contribution >= 0.6 is 0 Å². The van der Waals surface area contributed by atoms with Gasteiger partial charge < -0.3 is 9.47 Å². The molecule has 0 aliphatic carbocycles. The summed E-state index contributed by atoms with van der Waals surface area (Å²) in [4.78, 5) is 0. The monoisotopic (exact) mass is 356 g/mol. The van der Waals surface area contributed by atoms with Crippen LogP contribution in [0.5, 0.6) is 11.5 Å². The Morgan fingerprint density at radius 3 is 1.78 bits per heavy atom. The second kappa shape index (κ2) is 7.38. The van der Waals surface area contributed by atoms with Gasteiger partial charge in [0.25, 0.3) is 0 Å². The van der Waals surface area contributed by atoms with Gasteiger partial charge in [-0.15, -0.1) is 0 Å². The molecule has 0 N–H and O–H groups in total. The molecule has 0 amide bonds. The number of nitrogens with zero attached hydrogens (tertiary/aromatic N) is 2. The summed E-state index contributed by atoms with van der Waals surface area (Å²) in [5.41, 5.74) is 5.07. The molecule has 3 aromatic carbocycles. The first-order chi connectivity index (χ1) is 13.3. The Morgan fingerprint density at radius 1 is 0.667 bits per heavy atom. The zero-order valence-electron chi connectivity index (χ0n) is 15.3. The lowest BCUT2D eigenvalue weighted by Crippen LogP contribution is -1.99. The van der Waals surface area contributed by atoms with Gasteiger partial charge in [0.1, 0.15) is 11.5 Å². The summed E-state index contributed by atoms with van der Waals surface area (Å²) >= 11 is 0. The molecule has 0 radical (unpaired) electrons. The minimum absolute atomic E-state index is 0.830. The maximum atomic E-state index is 5.28. The number of hydrogen-bond donors (Lipinski definition) is 0. The van der Waals surface area contributed by atoms with E-state index in [1.807, 2.05) is 71.4 Å². The SMILES string of the molecule is COc1ccc(-c2cc(-c3ccc(OC)cc3)n(-c3ccccc3)n2)cc1. The van der Waals surface area contributed by atoms with Crippen LogP contribution in [0, 0.1) is 0 Å². The molecule has 4 rings (SSSR count). The molecule has 134 valence electrons. The number of hydrogen-bond acceptors (Lipinski definition) is 3. The van der Waals surface area contributed by atoms with Crippen molar-refractivity contribution in [2.75, 3.05) is 14.2 Å². The molecule has 0 aliphatic heterocycles. The van der Waals surface area contributed by atoms with Gasteiger partial charge in [0.15, 0.2) is 0 Å². The molecule has 0 atom stereocenters. The van der Waals surface area contributed by atoms with Crippen LogP contribution in [-0.4, -0.2) is 24.0 Å². The van der Waals surface area contributed by atoms with Gasteiger partial charge in [-0.05, 0) is 66.7 Å². The number of methoxy groups -OCH3 is 2. The third-order valence-corrected chi connectivity index (χ3v) is 4.48. The summed E-state index contributed by atoms with van der Waals surface area (Å²) in [6.07, 6.45) is 0. The largest absolute Gasteiger partial charge is 0.497 e. The van der Waals surface area contributed by atoms with Crippen LogP contribution in [0.25, 0.3) is 28.2 Å². The van der Waals surface area contributed by atoms with E-state index >= 15 is 0 Å². The molecular weight excluding hydrogens is 336 g/mol. The Kier molecular flexibility index (Phi) is 4.62. The van der Waals surface area contributed by atoms with Gasteiger partial charge in [0.05, 0.1) is 31.3 Å².